The van der Waals surface area contributed by atoms with Crippen molar-refractivity contribution in [1.29, 1.82) is 0 Å². The molecule has 0 aromatic heterocycles. The molecule has 0 aliphatic rings. The Bertz CT molecular complexity index is 421. The third-order valence-corrected chi connectivity index (χ3v) is 4.02. The van der Waals surface area contributed by atoms with Crippen molar-refractivity contribution < 1.29 is 4.79 Å². The van der Waals surface area contributed by atoms with E-state index in [0.717, 1.165) is 15.6 Å². The monoisotopic (exact) mass is 297 g/mol. The van der Waals surface area contributed by atoms with Crippen LogP contribution in [0.25, 0.3) is 0 Å². The van der Waals surface area contributed by atoms with E-state index in [9.17, 15) is 4.79 Å². The second-order valence-corrected chi connectivity index (χ2v) is 6.33. The molecule has 3 heteroatoms. The van der Waals surface area contributed by atoms with Crippen molar-refractivity contribution >= 4 is 21.8 Å². The zero-order chi connectivity index (χ0) is 13.2. The van der Waals surface area contributed by atoms with Crippen LogP contribution in [0.2, 0.25) is 0 Å². The average molecular weight is 298 g/mol. The third-order valence-electron chi connectivity index (χ3n) is 3.16. The molecule has 1 aromatic carbocycles. The number of halogens is 1. The van der Waals surface area contributed by atoms with E-state index in [-0.39, 0.29) is 17.4 Å². The molecule has 17 heavy (non-hydrogen) atoms. The van der Waals surface area contributed by atoms with Crippen molar-refractivity contribution in [2.75, 3.05) is 0 Å². The Kier molecular flexibility index (Phi) is 4.36. The van der Waals surface area contributed by atoms with Crippen LogP contribution in [0.15, 0.2) is 22.7 Å². The summed E-state index contributed by atoms with van der Waals surface area (Å²) in [5.74, 6) is -0.00812. The molecule has 1 aromatic rings. The zero-order valence-electron chi connectivity index (χ0n) is 11.1. The van der Waals surface area contributed by atoms with Gasteiger partial charge in [0.15, 0.2) is 0 Å². The van der Waals surface area contributed by atoms with E-state index in [1.54, 1.807) is 0 Å². The van der Waals surface area contributed by atoms with Crippen LogP contribution >= 0.6 is 15.9 Å². The van der Waals surface area contributed by atoms with Gasteiger partial charge >= 0.3 is 0 Å². The molecule has 0 fully saturated rings. The lowest BCUT2D eigenvalue weighted by atomic mass is 9.88. The standard InChI is InChI=1S/C14H20BrNO/c1-9-11(7-6-8-12(9)15)13(17)16-10(2)14(3,4)5/h6-8,10H,1-5H3,(H,16,17). The molecule has 2 nitrogen and oxygen atoms in total. The minimum absolute atomic E-state index is 0.00812. The number of hydrogen-bond acceptors (Lipinski definition) is 1. The molecule has 1 amide bonds. The molecule has 0 saturated carbocycles. The molecule has 1 unspecified atom stereocenters. The highest BCUT2D eigenvalue weighted by molar-refractivity contribution is 9.10. The Morgan fingerprint density at radius 1 is 1.35 bits per heavy atom. The maximum atomic E-state index is 12.1. The van der Waals surface area contributed by atoms with Gasteiger partial charge in [-0.25, -0.2) is 0 Å². The smallest absolute Gasteiger partial charge is 0.251 e. The topological polar surface area (TPSA) is 29.1 Å². The first-order valence-corrected chi connectivity index (χ1v) is 6.58. The van der Waals surface area contributed by atoms with Gasteiger partial charge in [-0.15, -0.1) is 0 Å². The lowest BCUT2D eigenvalue weighted by molar-refractivity contribution is 0.0909. The minimum atomic E-state index is -0.00812. The van der Waals surface area contributed by atoms with Crippen LogP contribution in [-0.4, -0.2) is 11.9 Å². The van der Waals surface area contributed by atoms with E-state index in [1.165, 1.54) is 0 Å². The molecule has 0 aliphatic carbocycles. The van der Waals surface area contributed by atoms with Crippen molar-refractivity contribution in [3.63, 3.8) is 0 Å². The summed E-state index contributed by atoms with van der Waals surface area (Å²) in [6, 6.07) is 5.81. The molecule has 1 N–H and O–H groups in total. The molecule has 0 bridgehead atoms. The number of benzene rings is 1. The van der Waals surface area contributed by atoms with Gasteiger partial charge in [-0.2, -0.15) is 0 Å². The van der Waals surface area contributed by atoms with Crippen molar-refractivity contribution in [3.05, 3.63) is 33.8 Å². The number of nitrogens with one attached hydrogen (secondary N) is 1. The summed E-state index contributed by atoms with van der Waals surface area (Å²) < 4.78 is 0.966. The van der Waals surface area contributed by atoms with Gasteiger partial charge < -0.3 is 5.32 Å². The van der Waals surface area contributed by atoms with Crippen LogP contribution < -0.4 is 5.32 Å². The predicted octanol–water partition coefficient (Wildman–Crippen LogP) is 3.92. The van der Waals surface area contributed by atoms with Crippen molar-refractivity contribution in [2.45, 2.75) is 40.7 Å². The predicted molar refractivity (Wildman–Crippen MR) is 75.3 cm³/mol. The fourth-order valence-electron chi connectivity index (χ4n) is 1.34. The molecule has 0 radical (unpaired) electrons. The highest BCUT2D eigenvalue weighted by Gasteiger charge is 2.22. The van der Waals surface area contributed by atoms with Crippen molar-refractivity contribution in [1.82, 2.24) is 5.32 Å². The number of rotatable bonds is 2. The SMILES string of the molecule is Cc1c(Br)cccc1C(=O)NC(C)C(C)(C)C. The molecule has 0 saturated heterocycles. The minimum Gasteiger partial charge on any atom is -0.349 e. The van der Waals surface area contributed by atoms with Crippen molar-refractivity contribution in [2.24, 2.45) is 5.41 Å². The molecule has 0 spiro atoms. The highest BCUT2D eigenvalue weighted by Crippen LogP contribution is 2.22. The quantitative estimate of drug-likeness (QED) is 0.881. The van der Waals surface area contributed by atoms with E-state index < -0.39 is 0 Å². The number of amides is 1. The summed E-state index contributed by atoms with van der Waals surface area (Å²) >= 11 is 3.44. The second kappa shape index (κ2) is 5.21. The zero-order valence-corrected chi connectivity index (χ0v) is 12.7. The third kappa shape index (κ3) is 3.56. The summed E-state index contributed by atoms with van der Waals surface area (Å²) in [5, 5.41) is 3.04. The normalized spacial score (nSPS) is 13.3. The van der Waals surface area contributed by atoms with Crippen LogP contribution in [0.1, 0.15) is 43.6 Å². The van der Waals surface area contributed by atoms with E-state index in [1.807, 2.05) is 32.0 Å². The summed E-state index contributed by atoms with van der Waals surface area (Å²) in [6.45, 7) is 10.3. The fraction of sp³-hybridized carbons (Fsp3) is 0.500. The van der Waals surface area contributed by atoms with Gasteiger partial charge in [-0.3, -0.25) is 4.79 Å². The summed E-state index contributed by atoms with van der Waals surface area (Å²) in [4.78, 5) is 12.1. The van der Waals surface area contributed by atoms with E-state index in [4.69, 9.17) is 0 Å². The van der Waals surface area contributed by atoms with Crippen molar-refractivity contribution in [3.8, 4) is 0 Å². The molecular weight excluding hydrogens is 278 g/mol. The molecular formula is C14H20BrNO. The molecule has 1 atom stereocenters. The van der Waals surface area contributed by atoms with Gasteiger partial charge in [0.05, 0.1) is 0 Å². The van der Waals surface area contributed by atoms with Crippen LogP contribution in [0, 0.1) is 12.3 Å². The maximum absolute atomic E-state index is 12.1. The Morgan fingerprint density at radius 3 is 2.47 bits per heavy atom. The molecule has 0 heterocycles. The lowest BCUT2D eigenvalue weighted by Crippen LogP contribution is -2.41. The lowest BCUT2D eigenvalue weighted by Gasteiger charge is -2.28. The summed E-state index contributed by atoms with van der Waals surface area (Å²) in [5.41, 5.74) is 1.77. The first-order valence-electron chi connectivity index (χ1n) is 5.79. The van der Waals surface area contributed by atoms with Gasteiger partial charge in [-0.1, -0.05) is 42.8 Å². The number of carbonyl (C=O) groups excluding carboxylic acids is 1. The van der Waals surface area contributed by atoms with Gasteiger partial charge in [0, 0.05) is 16.1 Å². The first-order chi connectivity index (χ1) is 7.73. The van der Waals surface area contributed by atoms with Gasteiger partial charge in [-0.05, 0) is 37.0 Å². The maximum Gasteiger partial charge on any atom is 0.251 e. The average Bonchev–Trinajstić information content (AvgIpc) is 2.20. The number of hydrogen-bond donors (Lipinski definition) is 1. The Morgan fingerprint density at radius 2 is 1.94 bits per heavy atom. The highest BCUT2D eigenvalue weighted by atomic mass is 79.9. The van der Waals surface area contributed by atoms with Crippen LogP contribution in [0.4, 0.5) is 0 Å². The summed E-state index contributed by atoms with van der Waals surface area (Å²) in [6.07, 6.45) is 0. The van der Waals surface area contributed by atoms with E-state index >= 15 is 0 Å². The Hall–Kier alpha value is -0.830. The second-order valence-electron chi connectivity index (χ2n) is 5.47. The first kappa shape index (κ1) is 14.2. The van der Waals surface area contributed by atoms with Crippen LogP contribution in [0.3, 0.4) is 0 Å². The fourth-order valence-corrected chi connectivity index (χ4v) is 1.71. The summed E-state index contributed by atoms with van der Waals surface area (Å²) in [7, 11) is 0. The Labute approximate surface area is 112 Å². The van der Waals surface area contributed by atoms with Gasteiger partial charge in [0.2, 0.25) is 0 Å². The van der Waals surface area contributed by atoms with E-state index in [2.05, 4.69) is 42.0 Å². The number of carbonyl (C=O) groups is 1. The van der Waals surface area contributed by atoms with Gasteiger partial charge in [0.1, 0.15) is 0 Å². The molecule has 1 rings (SSSR count). The van der Waals surface area contributed by atoms with Crippen LogP contribution in [-0.2, 0) is 0 Å². The van der Waals surface area contributed by atoms with E-state index in [0.29, 0.717) is 0 Å². The molecule has 0 aliphatic heterocycles. The molecule has 94 valence electrons. The Balaban J connectivity index is 2.88. The van der Waals surface area contributed by atoms with Crippen LogP contribution in [0.5, 0.6) is 0 Å². The largest absolute Gasteiger partial charge is 0.349 e. The van der Waals surface area contributed by atoms with Gasteiger partial charge in [0.25, 0.3) is 5.91 Å².